The Morgan fingerprint density at radius 2 is 1.87 bits per heavy atom. The van der Waals surface area contributed by atoms with Crippen molar-refractivity contribution in [2.75, 3.05) is 19.7 Å². The topological polar surface area (TPSA) is 52.6 Å². The van der Waals surface area contributed by atoms with Gasteiger partial charge in [-0.05, 0) is 26.2 Å². The molecule has 0 aliphatic heterocycles. The Labute approximate surface area is 92.7 Å². The molecule has 0 radical (unpaired) electrons. The fraction of sp³-hybridized carbons (Fsp3) is 0.909. The van der Waals surface area contributed by atoms with Gasteiger partial charge >= 0.3 is 6.03 Å². The van der Waals surface area contributed by atoms with Crippen LogP contribution in [0.3, 0.4) is 0 Å². The van der Waals surface area contributed by atoms with Crippen LogP contribution in [0.4, 0.5) is 4.79 Å². The lowest BCUT2D eigenvalue weighted by Gasteiger charge is -2.24. The predicted molar refractivity (Wildman–Crippen MR) is 61.8 cm³/mol. The van der Waals surface area contributed by atoms with Gasteiger partial charge in [-0.1, -0.05) is 13.8 Å². The highest BCUT2D eigenvalue weighted by molar-refractivity contribution is 5.74. The van der Waals surface area contributed by atoms with Gasteiger partial charge < -0.3 is 15.3 Å². The van der Waals surface area contributed by atoms with Crippen molar-refractivity contribution >= 4 is 6.03 Å². The van der Waals surface area contributed by atoms with E-state index >= 15 is 0 Å². The minimum absolute atomic E-state index is 0.00515. The first kappa shape index (κ1) is 14.2. The van der Waals surface area contributed by atoms with Crippen molar-refractivity contribution in [3.63, 3.8) is 0 Å². The molecule has 0 bridgehead atoms. The first-order valence-electron chi connectivity index (χ1n) is 5.71. The lowest BCUT2D eigenvalue weighted by Crippen LogP contribution is -2.46. The second-order valence-corrected chi connectivity index (χ2v) is 4.13. The number of aliphatic hydroxyl groups is 1. The van der Waals surface area contributed by atoms with Crippen molar-refractivity contribution in [2.24, 2.45) is 5.92 Å². The summed E-state index contributed by atoms with van der Waals surface area (Å²) in [7, 11) is 0. The molecule has 0 fully saturated rings. The normalized spacial score (nSPS) is 12.7. The lowest BCUT2D eigenvalue weighted by atomic mass is 10.0. The molecule has 0 spiro atoms. The molecule has 0 saturated carbocycles. The zero-order valence-electron chi connectivity index (χ0n) is 10.3. The van der Waals surface area contributed by atoms with Gasteiger partial charge in [-0.3, -0.25) is 0 Å². The van der Waals surface area contributed by atoms with E-state index in [2.05, 4.69) is 19.2 Å². The van der Waals surface area contributed by atoms with Crippen molar-refractivity contribution in [3.8, 4) is 0 Å². The fourth-order valence-corrected chi connectivity index (χ4v) is 1.52. The fourth-order valence-electron chi connectivity index (χ4n) is 1.52. The molecule has 1 atom stereocenters. The average Bonchev–Trinajstić information content (AvgIpc) is 2.17. The summed E-state index contributed by atoms with van der Waals surface area (Å²) >= 11 is 0. The number of carbonyl (C=O) groups is 1. The summed E-state index contributed by atoms with van der Waals surface area (Å²) in [6, 6.07) is -0.210. The molecule has 90 valence electrons. The number of carbonyl (C=O) groups excluding carboxylic acids is 1. The van der Waals surface area contributed by atoms with Gasteiger partial charge in [0.2, 0.25) is 0 Å². The van der Waals surface area contributed by atoms with Gasteiger partial charge in [-0.25, -0.2) is 4.79 Å². The van der Waals surface area contributed by atoms with Gasteiger partial charge in [0.25, 0.3) is 0 Å². The molecule has 0 aromatic rings. The number of hydrogen-bond acceptors (Lipinski definition) is 2. The van der Waals surface area contributed by atoms with Crippen LogP contribution in [-0.2, 0) is 0 Å². The number of urea groups is 1. The van der Waals surface area contributed by atoms with E-state index < -0.39 is 0 Å². The van der Waals surface area contributed by atoms with E-state index in [4.69, 9.17) is 5.11 Å². The van der Waals surface area contributed by atoms with Gasteiger partial charge in [0.05, 0.1) is 12.6 Å². The average molecular weight is 216 g/mol. The summed E-state index contributed by atoms with van der Waals surface area (Å²) in [5.41, 5.74) is 0. The predicted octanol–water partition coefficient (Wildman–Crippen LogP) is 1.44. The monoisotopic (exact) mass is 216 g/mol. The molecule has 0 aromatic heterocycles. The minimum Gasteiger partial charge on any atom is -0.394 e. The summed E-state index contributed by atoms with van der Waals surface area (Å²) in [5, 5.41) is 12.0. The number of nitrogens with zero attached hydrogens (tertiary/aromatic N) is 1. The third kappa shape index (κ3) is 5.62. The molecule has 4 heteroatoms. The summed E-state index contributed by atoms with van der Waals surface area (Å²) < 4.78 is 0. The van der Waals surface area contributed by atoms with Crippen LogP contribution in [-0.4, -0.2) is 41.8 Å². The van der Waals surface area contributed by atoms with E-state index in [0.717, 1.165) is 6.42 Å². The Kier molecular flexibility index (Phi) is 7.13. The molecule has 4 nitrogen and oxygen atoms in total. The molecule has 0 aliphatic carbocycles. The van der Waals surface area contributed by atoms with Gasteiger partial charge in [0.15, 0.2) is 0 Å². The quantitative estimate of drug-likeness (QED) is 0.706. The van der Waals surface area contributed by atoms with Crippen molar-refractivity contribution in [3.05, 3.63) is 0 Å². The van der Waals surface area contributed by atoms with Crippen LogP contribution in [0.15, 0.2) is 0 Å². The minimum atomic E-state index is -0.127. The van der Waals surface area contributed by atoms with Crippen molar-refractivity contribution in [2.45, 2.75) is 40.2 Å². The van der Waals surface area contributed by atoms with E-state index in [1.165, 1.54) is 0 Å². The smallest absolute Gasteiger partial charge is 0.317 e. The summed E-state index contributed by atoms with van der Waals surface area (Å²) in [4.78, 5) is 13.4. The second-order valence-electron chi connectivity index (χ2n) is 4.13. The van der Waals surface area contributed by atoms with Crippen LogP contribution in [0.25, 0.3) is 0 Å². The van der Waals surface area contributed by atoms with Crippen LogP contribution < -0.4 is 5.32 Å². The molecule has 15 heavy (non-hydrogen) atoms. The third-order valence-electron chi connectivity index (χ3n) is 2.35. The van der Waals surface area contributed by atoms with E-state index in [1.54, 1.807) is 4.90 Å². The highest BCUT2D eigenvalue weighted by Gasteiger charge is 2.15. The van der Waals surface area contributed by atoms with Crippen LogP contribution in [0.1, 0.15) is 34.1 Å². The van der Waals surface area contributed by atoms with E-state index in [0.29, 0.717) is 19.0 Å². The molecular formula is C11H24N2O2. The molecule has 0 rings (SSSR count). The highest BCUT2D eigenvalue weighted by Crippen LogP contribution is 2.04. The molecule has 2 N–H and O–H groups in total. The molecule has 0 aliphatic rings. The maximum absolute atomic E-state index is 11.7. The van der Waals surface area contributed by atoms with Gasteiger partial charge in [0, 0.05) is 13.1 Å². The molecule has 0 aromatic carbocycles. The number of aliphatic hydroxyl groups excluding tert-OH is 1. The van der Waals surface area contributed by atoms with E-state index in [1.807, 2.05) is 13.8 Å². The Balaban J connectivity index is 4.10. The van der Waals surface area contributed by atoms with E-state index in [-0.39, 0.29) is 18.7 Å². The number of rotatable bonds is 6. The van der Waals surface area contributed by atoms with Crippen LogP contribution >= 0.6 is 0 Å². The van der Waals surface area contributed by atoms with Gasteiger partial charge in [-0.2, -0.15) is 0 Å². The zero-order valence-corrected chi connectivity index (χ0v) is 10.3. The first-order valence-corrected chi connectivity index (χ1v) is 5.71. The van der Waals surface area contributed by atoms with Crippen molar-refractivity contribution < 1.29 is 9.90 Å². The Morgan fingerprint density at radius 3 is 2.20 bits per heavy atom. The molecular weight excluding hydrogens is 192 g/mol. The Hall–Kier alpha value is -0.770. The molecule has 1 unspecified atom stereocenters. The van der Waals surface area contributed by atoms with Crippen molar-refractivity contribution in [1.29, 1.82) is 0 Å². The largest absolute Gasteiger partial charge is 0.394 e. The summed E-state index contributed by atoms with van der Waals surface area (Å²) in [6.07, 6.45) is 0.809. The third-order valence-corrected chi connectivity index (χ3v) is 2.35. The molecule has 0 heterocycles. The number of amides is 2. The first-order chi connectivity index (χ1) is 7.04. The van der Waals surface area contributed by atoms with E-state index in [9.17, 15) is 4.79 Å². The lowest BCUT2D eigenvalue weighted by molar-refractivity contribution is 0.180. The highest BCUT2D eigenvalue weighted by atomic mass is 16.3. The molecule has 0 saturated heterocycles. The maximum atomic E-state index is 11.7. The van der Waals surface area contributed by atoms with Crippen LogP contribution in [0, 0.1) is 5.92 Å². The number of hydrogen-bond donors (Lipinski definition) is 2. The summed E-state index contributed by atoms with van der Waals surface area (Å²) in [6.45, 7) is 9.44. The second kappa shape index (κ2) is 7.51. The van der Waals surface area contributed by atoms with Crippen LogP contribution in [0.2, 0.25) is 0 Å². The maximum Gasteiger partial charge on any atom is 0.317 e. The van der Waals surface area contributed by atoms with Crippen molar-refractivity contribution in [1.82, 2.24) is 10.2 Å². The standard InChI is InChI=1S/C11H24N2O2/c1-5-13(6-2)11(15)12-10(8-14)7-9(3)4/h9-10,14H,5-8H2,1-4H3,(H,12,15). The SMILES string of the molecule is CCN(CC)C(=O)NC(CO)CC(C)C. The van der Waals surface area contributed by atoms with Gasteiger partial charge in [-0.15, -0.1) is 0 Å². The number of nitrogens with one attached hydrogen (secondary N) is 1. The van der Waals surface area contributed by atoms with Gasteiger partial charge in [0.1, 0.15) is 0 Å². The Bertz CT molecular complexity index is 179. The summed E-state index contributed by atoms with van der Waals surface area (Å²) in [5.74, 6) is 0.471. The molecule has 2 amide bonds. The zero-order chi connectivity index (χ0) is 11.8. The van der Waals surface area contributed by atoms with Crippen LogP contribution in [0.5, 0.6) is 0 Å². The Morgan fingerprint density at radius 1 is 1.33 bits per heavy atom.